The number of rotatable bonds is 7. The summed E-state index contributed by atoms with van der Waals surface area (Å²) in [6.07, 6.45) is 4.23. The highest BCUT2D eigenvalue weighted by molar-refractivity contribution is 7.89. The minimum Gasteiger partial charge on any atom is -0.348 e. The molecular weight excluding hydrogens is 435 g/mol. The molecule has 0 aliphatic carbocycles. The van der Waals surface area contributed by atoms with Crippen LogP contribution in [-0.2, 0) is 26.2 Å². The molecule has 1 aromatic heterocycles. The lowest BCUT2D eigenvalue weighted by Gasteiger charge is -2.35. The van der Waals surface area contributed by atoms with Crippen LogP contribution in [0.25, 0.3) is 0 Å². The number of aromatic nitrogens is 1. The lowest BCUT2D eigenvalue weighted by molar-refractivity contribution is -0.139. The van der Waals surface area contributed by atoms with Gasteiger partial charge in [0.05, 0.1) is 17.1 Å². The van der Waals surface area contributed by atoms with Crippen molar-refractivity contribution in [1.82, 2.24) is 19.9 Å². The van der Waals surface area contributed by atoms with E-state index in [2.05, 4.69) is 15.6 Å². The molecule has 1 atom stereocenters. The highest BCUT2D eigenvalue weighted by Crippen LogP contribution is 2.28. The SMILES string of the molecule is Cc1cc(F)ccc1S(=O)(=O)N1CCCC[C@@H]1CCNC(=O)C(=O)NCc1ccccn1. The maximum Gasteiger partial charge on any atom is 0.309 e. The Hall–Kier alpha value is -2.85. The Morgan fingerprint density at radius 1 is 1.16 bits per heavy atom. The third-order valence-electron chi connectivity index (χ3n) is 5.42. The van der Waals surface area contributed by atoms with Crippen molar-refractivity contribution < 1.29 is 22.4 Å². The van der Waals surface area contributed by atoms with Gasteiger partial charge in [0, 0.05) is 25.3 Å². The topological polar surface area (TPSA) is 108 Å². The number of sulfonamides is 1. The Labute approximate surface area is 187 Å². The lowest BCUT2D eigenvalue weighted by Crippen LogP contribution is -2.46. The average molecular weight is 463 g/mol. The molecule has 2 heterocycles. The van der Waals surface area contributed by atoms with Crippen molar-refractivity contribution >= 4 is 21.8 Å². The molecule has 0 spiro atoms. The molecule has 1 aliphatic rings. The summed E-state index contributed by atoms with van der Waals surface area (Å²) in [4.78, 5) is 28.2. The molecule has 172 valence electrons. The fourth-order valence-corrected chi connectivity index (χ4v) is 5.73. The largest absolute Gasteiger partial charge is 0.348 e. The standard InChI is InChI=1S/C22H27FN4O4S/c1-16-14-17(23)8-9-20(16)32(30,31)27-13-5-3-7-19(27)10-12-25-21(28)22(29)26-15-18-6-2-4-11-24-18/h2,4,6,8-9,11,14,19H,3,5,7,10,12-13,15H2,1H3,(H,25,28)(H,26,29)/t19-/m1/s1. The number of hydrogen-bond acceptors (Lipinski definition) is 5. The Morgan fingerprint density at radius 2 is 1.94 bits per heavy atom. The summed E-state index contributed by atoms with van der Waals surface area (Å²) in [6.45, 7) is 2.23. The molecule has 2 amide bonds. The van der Waals surface area contributed by atoms with Gasteiger partial charge in [-0.2, -0.15) is 4.31 Å². The Bertz CT molecular complexity index is 1060. The van der Waals surface area contributed by atoms with Crippen LogP contribution in [0.5, 0.6) is 0 Å². The van der Waals surface area contributed by atoms with Crippen LogP contribution in [0, 0.1) is 12.7 Å². The monoisotopic (exact) mass is 462 g/mol. The van der Waals surface area contributed by atoms with Crippen LogP contribution in [0.3, 0.4) is 0 Å². The molecule has 0 radical (unpaired) electrons. The van der Waals surface area contributed by atoms with Crippen LogP contribution in [-0.4, -0.2) is 48.7 Å². The quantitative estimate of drug-likeness (QED) is 0.611. The Kier molecular flexibility index (Phi) is 7.92. The first-order chi connectivity index (χ1) is 15.3. The molecule has 32 heavy (non-hydrogen) atoms. The van der Waals surface area contributed by atoms with E-state index in [9.17, 15) is 22.4 Å². The predicted octanol–water partition coefficient (Wildman–Crippen LogP) is 1.90. The minimum atomic E-state index is -3.80. The summed E-state index contributed by atoms with van der Waals surface area (Å²) < 4.78 is 41.3. The number of piperidine rings is 1. The maximum atomic E-state index is 13.4. The molecule has 0 bridgehead atoms. The fraction of sp³-hybridized carbons (Fsp3) is 0.409. The van der Waals surface area contributed by atoms with Crippen LogP contribution in [0.15, 0.2) is 47.5 Å². The molecule has 2 aromatic rings. The van der Waals surface area contributed by atoms with Crippen LogP contribution < -0.4 is 10.6 Å². The van der Waals surface area contributed by atoms with Crippen molar-refractivity contribution in [3.8, 4) is 0 Å². The zero-order valence-electron chi connectivity index (χ0n) is 17.9. The van der Waals surface area contributed by atoms with Gasteiger partial charge in [0.25, 0.3) is 0 Å². The summed E-state index contributed by atoms with van der Waals surface area (Å²) in [5, 5.41) is 5.06. The summed E-state index contributed by atoms with van der Waals surface area (Å²) in [5.41, 5.74) is 0.986. The van der Waals surface area contributed by atoms with Crippen molar-refractivity contribution in [2.24, 2.45) is 0 Å². The third kappa shape index (κ3) is 5.89. The molecule has 1 aliphatic heterocycles. The number of amides is 2. The van der Waals surface area contributed by atoms with Crippen LogP contribution in [0.2, 0.25) is 0 Å². The van der Waals surface area contributed by atoms with E-state index in [-0.39, 0.29) is 24.0 Å². The molecule has 8 nitrogen and oxygen atoms in total. The number of hydrogen-bond donors (Lipinski definition) is 2. The fourth-order valence-electron chi connectivity index (χ4n) is 3.79. The summed E-state index contributed by atoms with van der Waals surface area (Å²) >= 11 is 0. The van der Waals surface area contributed by atoms with Gasteiger partial charge in [-0.15, -0.1) is 0 Å². The van der Waals surface area contributed by atoms with E-state index in [1.54, 1.807) is 31.3 Å². The highest BCUT2D eigenvalue weighted by atomic mass is 32.2. The van der Waals surface area contributed by atoms with Gasteiger partial charge in [0.15, 0.2) is 0 Å². The lowest BCUT2D eigenvalue weighted by atomic mass is 10.0. The molecule has 3 rings (SSSR count). The number of nitrogens with zero attached hydrogens (tertiary/aromatic N) is 2. The normalized spacial score (nSPS) is 17.0. The molecule has 2 N–H and O–H groups in total. The molecule has 1 aromatic carbocycles. The van der Waals surface area contributed by atoms with Gasteiger partial charge in [-0.1, -0.05) is 12.5 Å². The number of pyridine rings is 1. The van der Waals surface area contributed by atoms with Crippen molar-refractivity contribution in [2.45, 2.75) is 50.1 Å². The second-order valence-corrected chi connectivity index (χ2v) is 9.58. The second-order valence-electron chi connectivity index (χ2n) is 7.72. The Balaban J connectivity index is 1.56. The van der Waals surface area contributed by atoms with Crippen molar-refractivity contribution in [2.75, 3.05) is 13.1 Å². The van der Waals surface area contributed by atoms with E-state index in [4.69, 9.17) is 0 Å². The molecular formula is C22H27FN4O4S. The average Bonchev–Trinajstić information content (AvgIpc) is 2.78. The molecule has 0 unspecified atom stereocenters. The first-order valence-electron chi connectivity index (χ1n) is 10.5. The minimum absolute atomic E-state index is 0.0868. The third-order valence-corrected chi connectivity index (χ3v) is 7.53. The van der Waals surface area contributed by atoms with Crippen LogP contribution >= 0.6 is 0 Å². The maximum absolute atomic E-state index is 13.4. The second kappa shape index (κ2) is 10.6. The van der Waals surface area contributed by atoms with E-state index < -0.39 is 27.7 Å². The van der Waals surface area contributed by atoms with Gasteiger partial charge in [0.1, 0.15) is 5.82 Å². The van der Waals surface area contributed by atoms with E-state index in [1.165, 1.54) is 16.4 Å². The predicted molar refractivity (Wildman–Crippen MR) is 116 cm³/mol. The van der Waals surface area contributed by atoms with E-state index in [0.29, 0.717) is 30.6 Å². The molecule has 1 saturated heterocycles. The first-order valence-corrected chi connectivity index (χ1v) is 12.0. The van der Waals surface area contributed by atoms with Gasteiger partial charge in [-0.05, 0) is 62.1 Å². The van der Waals surface area contributed by atoms with Crippen molar-refractivity contribution in [1.29, 1.82) is 0 Å². The zero-order valence-corrected chi connectivity index (χ0v) is 18.7. The van der Waals surface area contributed by atoms with Gasteiger partial charge in [-0.25, -0.2) is 12.8 Å². The Morgan fingerprint density at radius 3 is 2.66 bits per heavy atom. The van der Waals surface area contributed by atoms with Gasteiger partial charge in [0.2, 0.25) is 10.0 Å². The number of nitrogens with one attached hydrogen (secondary N) is 2. The number of benzene rings is 1. The van der Waals surface area contributed by atoms with E-state index >= 15 is 0 Å². The summed E-state index contributed by atoms with van der Waals surface area (Å²) in [6, 6.07) is 8.60. The van der Waals surface area contributed by atoms with E-state index in [1.807, 2.05) is 0 Å². The number of carbonyl (C=O) groups is 2. The van der Waals surface area contributed by atoms with Crippen LogP contribution in [0.4, 0.5) is 4.39 Å². The van der Waals surface area contributed by atoms with Crippen molar-refractivity contribution in [3.63, 3.8) is 0 Å². The van der Waals surface area contributed by atoms with Gasteiger partial charge >= 0.3 is 11.8 Å². The van der Waals surface area contributed by atoms with Crippen molar-refractivity contribution in [3.05, 3.63) is 59.7 Å². The highest BCUT2D eigenvalue weighted by Gasteiger charge is 2.34. The van der Waals surface area contributed by atoms with E-state index in [0.717, 1.165) is 18.9 Å². The zero-order chi connectivity index (χ0) is 23.1. The summed E-state index contributed by atoms with van der Waals surface area (Å²) in [5.74, 6) is -2.04. The summed E-state index contributed by atoms with van der Waals surface area (Å²) in [7, 11) is -3.80. The number of aryl methyl sites for hydroxylation is 1. The smallest absolute Gasteiger partial charge is 0.309 e. The molecule has 0 saturated carbocycles. The first kappa shape index (κ1) is 23.8. The molecule has 10 heteroatoms. The van der Waals surface area contributed by atoms with Gasteiger partial charge < -0.3 is 10.6 Å². The van der Waals surface area contributed by atoms with Gasteiger partial charge in [-0.3, -0.25) is 14.6 Å². The number of carbonyl (C=O) groups excluding carboxylic acids is 2. The molecule has 1 fully saturated rings. The number of halogens is 1. The van der Waals surface area contributed by atoms with Crippen LogP contribution in [0.1, 0.15) is 36.9 Å².